The minimum atomic E-state index is -0.943. The maximum atomic E-state index is 10.0. The van der Waals surface area contributed by atoms with Gasteiger partial charge in [-0.05, 0) is 11.6 Å². The van der Waals surface area contributed by atoms with Crippen LogP contribution in [-0.4, -0.2) is 25.0 Å². The average molecular weight is 236 g/mol. The summed E-state index contributed by atoms with van der Waals surface area (Å²) in [4.78, 5) is 29.9. The number of nitro groups is 2. The number of nitrogens with zero attached hydrogens (tertiary/aromatic N) is 5. The van der Waals surface area contributed by atoms with Gasteiger partial charge >= 0.3 is 0 Å². The molecule has 1 heterocycles. The van der Waals surface area contributed by atoms with Gasteiger partial charge in [-0.15, -0.1) is 0 Å². The molecule has 0 spiro atoms. The maximum Gasteiger partial charge on any atom is 0.291 e. The van der Waals surface area contributed by atoms with Crippen LogP contribution in [0.5, 0.6) is 0 Å². The van der Waals surface area contributed by atoms with Crippen LogP contribution < -0.4 is 10.9 Å². The highest BCUT2D eigenvalue weighted by Gasteiger charge is 2.11. The third-order valence-corrected chi connectivity index (χ3v) is 1.16. The van der Waals surface area contributed by atoms with E-state index in [1.165, 1.54) is 0 Å². The summed E-state index contributed by atoms with van der Waals surface area (Å²) < 4.78 is 0. The van der Waals surface area contributed by atoms with Crippen LogP contribution in [0.3, 0.4) is 0 Å². The second-order valence-corrected chi connectivity index (χ2v) is 2.33. The van der Waals surface area contributed by atoms with E-state index < -0.39 is 27.2 Å². The summed E-state index contributed by atoms with van der Waals surface area (Å²) in [5, 5.41) is 17.7. The van der Waals surface area contributed by atoms with E-state index in [-0.39, 0.29) is 0 Å². The number of hydrazine groups is 2. The molecule has 0 unspecified atom stereocenters. The fourth-order valence-electron chi connectivity index (χ4n) is 0.613. The number of hydrogen-bond donors (Lipinski definition) is 2. The second-order valence-electron chi connectivity index (χ2n) is 1.99. The lowest BCUT2D eigenvalue weighted by molar-refractivity contribution is -0.447. The van der Waals surface area contributed by atoms with Gasteiger partial charge in [0.15, 0.2) is 10.1 Å². The third kappa shape index (κ3) is 3.51. The van der Waals surface area contributed by atoms with Crippen molar-refractivity contribution in [1.29, 1.82) is 0 Å². The standard InChI is InChI=1S/C3H2ClN7O4/c4-1-5-2(8-10(12)13)7-3(6-1)9-11(14)15/h(H2,5,6,7,8,9). The molecule has 0 bridgehead atoms. The molecule has 0 saturated carbocycles. The topological polar surface area (TPSA) is 149 Å². The molecule has 0 aliphatic heterocycles. The fourth-order valence-corrected chi connectivity index (χ4v) is 0.773. The highest BCUT2D eigenvalue weighted by atomic mass is 35.5. The second kappa shape index (κ2) is 4.28. The monoisotopic (exact) mass is 235 g/mol. The summed E-state index contributed by atoms with van der Waals surface area (Å²) in [7, 11) is 0. The van der Waals surface area contributed by atoms with Crippen molar-refractivity contribution in [3.63, 3.8) is 0 Å². The summed E-state index contributed by atoms with van der Waals surface area (Å²) in [5.74, 6) is -1.02. The Morgan fingerprint density at radius 3 is 1.73 bits per heavy atom. The normalized spacial score (nSPS) is 9.40. The number of halogens is 1. The Morgan fingerprint density at radius 2 is 1.40 bits per heavy atom. The van der Waals surface area contributed by atoms with Gasteiger partial charge in [-0.2, -0.15) is 15.0 Å². The first-order chi connectivity index (χ1) is 6.97. The van der Waals surface area contributed by atoms with Crippen molar-refractivity contribution in [2.75, 3.05) is 10.9 Å². The van der Waals surface area contributed by atoms with Crippen molar-refractivity contribution in [3.05, 3.63) is 25.5 Å². The molecule has 80 valence electrons. The van der Waals surface area contributed by atoms with E-state index in [1.807, 2.05) is 0 Å². The predicted molar refractivity (Wildman–Crippen MR) is 46.1 cm³/mol. The Labute approximate surface area is 85.7 Å². The zero-order valence-corrected chi connectivity index (χ0v) is 7.50. The molecule has 0 amide bonds. The lowest BCUT2D eigenvalue weighted by Crippen LogP contribution is -2.15. The summed E-state index contributed by atoms with van der Waals surface area (Å²) in [6.07, 6.45) is 0. The van der Waals surface area contributed by atoms with E-state index in [0.717, 1.165) is 0 Å². The molecule has 12 heteroatoms. The smallest absolute Gasteiger partial charge is 0.234 e. The van der Waals surface area contributed by atoms with E-state index in [2.05, 4.69) is 15.0 Å². The lowest BCUT2D eigenvalue weighted by Gasteiger charge is -1.98. The number of nitrogens with one attached hydrogen (secondary N) is 2. The average Bonchev–Trinajstić information content (AvgIpc) is 1.98. The Balaban J connectivity index is 2.94. The van der Waals surface area contributed by atoms with Gasteiger partial charge in [-0.1, -0.05) is 10.9 Å². The molecular formula is C3H2ClN7O4. The number of hydrogen-bond acceptors (Lipinski definition) is 7. The molecule has 0 saturated heterocycles. The van der Waals surface area contributed by atoms with E-state index in [4.69, 9.17) is 11.6 Å². The predicted octanol–water partition coefficient (Wildman–Crippen LogP) is -0.268. The quantitative estimate of drug-likeness (QED) is 0.531. The summed E-state index contributed by atoms with van der Waals surface area (Å²) >= 11 is 5.33. The molecule has 11 nitrogen and oxygen atoms in total. The van der Waals surface area contributed by atoms with Crippen LogP contribution in [0.25, 0.3) is 0 Å². The summed E-state index contributed by atoms with van der Waals surface area (Å²) in [6, 6.07) is 0. The maximum absolute atomic E-state index is 10.0. The van der Waals surface area contributed by atoms with Gasteiger partial charge in [-0.3, -0.25) is 0 Å². The highest BCUT2D eigenvalue weighted by molar-refractivity contribution is 6.28. The van der Waals surface area contributed by atoms with Crippen molar-refractivity contribution in [2.45, 2.75) is 0 Å². The van der Waals surface area contributed by atoms with Gasteiger partial charge in [0, 0.05) is 0 Å². The third-order valence-electron chi connectivity index (χ3n) is 0.991. The van der Waals surface area contributed by atoms with E-state index in [9.17, 15) is 20.2 Å². The number of aromatic nitrogens is 3. The van der Waals surface area contributed by atoms with Crippen molar-refractivity contribution in [3.8, 4) is 0 Å². The van der Waals surface area contributed by atoms with Crippen molar-refractivity contribution in [2.24, 2.45) is 0 Å². The minimum Gasteiger partial charge on any atom is -0.234 e. The molecule has 0 radical (unpaired) electrons. The van der Waals surface area contributed by atoms with Gasteiger partial charge in [0.1, 0.15) is 0 Å². The van der Waals surface area contributed by atoms with Crippen LogP contribution in [0.15, 0.2) is 0 Å². The van der Waals surface area contributed by atoms with Crippen LogP contribution in [0, 0.1) is 20.2 Å². The molecule has 1 aromatic heterocycles. The molecule has 0 aliphatic carbocycles. The van der Waals surface area contributed by atoms with Gasteiger partial charge < -0.3 is 0 Å². The molecule has 1 rings (SSSR count). The first-order valence-corrected chi connectivity index (χ1v) is 3.59. The Kier molecular flexibility index (Phi) is 3.07. The summed E-state index contributed by atoms with van der Waals surface area (Å²) in [5.41, 5.74) is 3.14. The zero-order chi connectivity index (χ0) is 11.4. The van der Waals surface area contributed by atoms with Gasteiger partial charge in [-0.25, -0.2) is 20.2 Å². The van der Waals surface area contributed by atoms with Crippen LogP contribution in [0.1, 0.15) is 0 Å². The van der Waals surface area contributed by atoms with Gasteiger partial charge in [0.05, 0.1) is 0 Å². The molecule has 1 aromatic rings. The Morgan fingerprint density at radius 1 is 1.00 bits per heavy atom. The van der Waals surface area contributed by atoms with Crippen molar-refractivity contribution < 1.29 is 10.1 Å². The van der Waals surface area contributed by atoms with Crippen molar-refractivity contribution >= 4 is 23.5 Å². The van der Waals surface area contributed by atoms with E-state index >= 15 is 0 Å². The molecule has 0 fully saturated rings. The first kappa shape index (κ1) is 10.8. The molecule has 0 aromatic carbocycles. The Hall–Kier alpha value is -2.30. The first-order valence-electron chi connectivity index (χ1n) is 3.21. The van der Waals surface area contributed by atoms with E-state index in [1.54, 1.807) is 10.9 Å². The molecular weight excluding hydrogens is 234 g/mol. The Bertz CT molecular complexity index is 375. The van der Waals surface area contributed by atoms with Gasteiger partial charge in [0.2, 0.25) is 5.28 Å². The van der Waals surface area contributed by atoms with Crippen molar-refractivity contribution in [1.82, 2.24) is 15.0 Å². The van der Waals surface area contributed by atoms with Crippen LogP contribution >= 0.6 is 11.6 Å². The SMILES string of the molecule is O=[N+]([O-])Nc1nc(Cl)nc(N[N+](=O)[O-])n1. The van der Waals surface area contributed by atoms with Gasteiger partial charge in [0.25, 0.3) is 11.9 Å². The number of anilines is 2. The molecule has 2 N–H and O–H groups in total. The van der Waals surface area contributed by atoms with Crippen LogP contribution in [0.4, 0.5) is 11.9 Å². The number of rotatable bonds is 4. The molecule has 15 heavy (non-hydrogen) atoms. The fraction of sp³-hybridized carbons (Fsp3) is 0. The van der Waals surface area contributed by atoms with E-state index in [0.29, 0.717) is 0 Å². The largest absolute Gasteiger partial charge is 0.291 e. The zero-order valence-electron chi connectivity index (χ0n) is 6.75. The molecule has 0 aliphatic rings. The summed E-state index contributed by atoms with van der Waals surface area (Å²) in [6.45, 7) is 0. The highest BCUT2D eigenvalue weighted by Crippen LogP contribution is 2.08. The van der Waals surface area contributed by atoms with Crippen LogP contribution in [0.2, 0.25) is 5.28 Å². The minimum absolute atomic E-state index is 0.418. The lowest BCUT2D eigenvalue weighted by atomic mass is 10.9. The van der Waals surface area contributed by atoms with Crippen LogP contribution in [-0.2, 0) is 0 Å². The molecule has 0 atom stereocenters.